The molecule has 0 saturated carbocycles. The molecule has 0 aromatic carbocycles. The van der Waals surface area contributed by atoms with E-state index in [2.05, 4.69) is 5.32 Å². The maximum Gasteiger partial charge on any atom is 0.329 e. The van der Waals surface area contributed by atoms with E-state index in [1.54, 1.807) is 7.11 Å². The van der Waals surface area contributed by atoms with E-state index in [4.69, 9.17) is 14.6 Å². The van der Waals surface area contributed by atoms with Crippen molar-refractivity contribution in [3.05, 3.63) is 0 Å². The summed E-state index contributed by atoms with van der Waals surface area (Å²) in [5, 5.41) is 10.9. The molecule has 1 amide bonds. The van der Waals surface area contributed by atoms with Crippen LogP contribution in [0.15, 0.2) is 0 Å². The van der Waals surface area contributed by atoms with Crippen LogP contribution in [0.25, 0.3) is 0 Å². The van der Waals surface area contributed by atoms with Gasteiger partial charge in [-0.1, -0.05) is 6.92 Å². The highest BCUT2D eigenvalue weighted by Crippen LogP contribution is 2.00. The zero-order valence-corrected chi connectivity index (χ0v) is 9.69. The van der Waals surface area contributed by atoms with Gasteiger partial charge in [0.15, 0.2) is 0 Å². The van der Waals surface area contributed by atoms with Crippen LogP contribution in [0.5, 0.6) is 0 Å². The van der Waals surface area contributed by atoms with Crippen molar-refractivity contribution in [3.8, 4) is 0 Å². The molecule has 0 aromatic heterocycles. The second kappa shape index (κ2) is 9.11. The molecule has 0 aliphatic heterocycles. The minimum atomic E-state index is -1.01. The predicted molar refractivity (Wildman–Crippen MR) is 57.1 cm³/mol. The van der Waals surface area contributed by atoms with Gasteiger partial charge in [0, 0.05) is 26.7 Å². The Bertz CT molecular complexity index is 219. The van der Waals surface area contributed by atoms with Gasteiger partial charge in [-0.3, -0.25) is 4.79 Å². The van der Waals surface area contributed by atoms with Gasteiger partial charge < -0.3 is 19.9 Å². The maximum atomic E-state index is 11.3. The highest BCUT2D eigenvalue weighted by Gasteiger charge is 2.08. The Balaban J connectivity index is 3.40. The summed E-state index contributed by atoms with van der Waals surface area (Å²) in [5.41, 5.74) is 0. The number of rotatable bonds is 9. The number of amides is 1. The summed E-state index contributed by atoms with van der Waals surface area (Å²) in [6.07, 6.45) is 0.396. The van der Waals surface area contributed by atoms with Crippen molar-refractivity contribution in [3.63, 3.8) is 0 Å². The molecule has 0 radical (unpaired) electrons. The lowest BCUT2D eigenvalue weighted by Crippen LogP contribution is -2.29. The molecule has 1 atom stereocenters. The summed E-state index contributed by atoms with van der Waals surface area (Å²) in [6, 6.07) is 0. The fourth-order valence-electron chi connectivity index (χ4n) is 1.15. The van der Waals surface area contributed by atoms with E-state index in [0.29, 0.717) is 19.6 Å². The van der Waals surface area contributed by atoms with Gasteiger partial charge in [0.2, 0.25) is 5.91 Å². The first-order chi connectivity index (χ1) is 7.56. The van der Waals surface area contributed by atoms with Gasteiger partial charge >= 0.3 is 5.97 Å². The zero-order valence-electron chi connectivity index (χ0n) is 9.69. The van der Waals surface area contributed by atoms with Crippen molar-refractivity contribution in [2.45, 2.75) is 13.3 Å². The van der Waals surface area contributed by atoms with E-state index >= 15 is 0 Å². The van der Waals surface area contributed by atoms with E-state index < -0.39 is 5.97 Å². The Morgan fingerprint density at radius 2 is 2.12 bits per heavy atom. The fraction of sp³-hybridized carbons (Fsp3) is 0.800. The van der Waals surface area contributed by atoms with Gasteiger partial charge in [0.05, 0.1) is 6.61 Å². The van der Waals surface area contributed by atoms with Crippen molar-refractivity contribution in [2.75, 3.05) is 33.5 Å². The maximum absolute atomic E-state index is 11.3. The van der Waals surface area contributed by atoms with E-state index in [0.717, 1.165) is 0 Å². The second-order valence-electron chi connectivity index (χ2n) is 3.56. The number of carboxylic acid groups (broad SMARTS) is 1. The van der Waals surface area contributed by atoms with Crippen molar-refractivity contribution in [1.29, 1.82) is 0 Å². The first-order valence-electron chi connectivity index (χ1n) is 5.11. The van der Waals surface area contributed by atoms with Crippen LogP contribution in [0.4, 0.5) is 0 Å². The fourth-order valence-corrected chi connectivity index (χ4v) is 1.15. The summed E-state index contributed by atoms with van der Waals surface area (Å²) < 4.78 is 9.66. The lowest BCUT2D eigenvalue weighted by molar-refractivity contribution is -0.142. The van der Waals surface area contributed by atoms with E-state index in [1.165, 1.54) is 0 Å². The van der Waals surface area contributed by atoms with Crippen molar-refractivity contribution >= 4 is 11.9 Å². The SMILES string of the molecule is COCC(C)CC(=O)NCCOCC(=O)O. The molecule has 0 aromatic rings. The van der Waals surface area contributed by atoms with E-state index in [1.807, 2.05) is 6.92 Å². The average Bonchev–Trinajstić information content (AvgIpc) is 2.16. The van der Waals surface area contributed by atoms with Crippen molar-refractivity contribution in [2.24, 2.45) is 5.92 Å². The molecule has 16 heavy (non-hydrogen) atoms. The highest BCUT2D eigenvalue weighted by atomic mass is 16.5. The van der Waals surface area contributed by atoms with Crippen LogP contribution in [0.2, 0.25) is 0 Å². The molecule has 1 unspecified atom stereocenters. The lowest BCUT2D eigenvalue weighted by Gasteiger charge is -2.10. The van der Waals surface area contributed by atoms with Gasteiger partial charge in [-0.25, -0.2) is 4.79 Å². The van der Waals surface area contributed by atoms with Crippen LogP contribution in [-0.4, -0.2) is 50.5 Å². The van der Waals surface area contributed by atoms with Gasteiger partial charge in [0.1, 0.15) is 6.61 Å². The van der Waals surface area contributed by atoms with Crippen LogP contribution in [0.3, 0.4) is 0 Å². The van der Waals surface area contributed by atoms with Crippen LogP contribution >= 0.6 is 0 Å². The topological polar surface area (TPSA) is 84.9 Å². The second-order valence-corrected chi connectivity index (χ2v) is 3.56. The molecule has 0 spiro atoms. The standard InChI is InChI=1S/C10H19NO5/c1-8(6-15-2)5-9(12)11-3-4-16-7-10(13)14/h8H,3-7H2,1-2H3,(H,11,12)(H,13,14). The van der Waals surface area contributed by atoms with Gasteiger partial charge in [-0.05, 0) is 5.92 Å². The zero-order chi connectivity index (χ0) is 12.4. The number of ether oxygens (including phenoxy) is 2. The van der Waals surface area contributed by atoms with E-state index in [9.17, 15) is 9.59 Å². The third kappa shape index (κ3) is 9.42. The molecule has 0 heterocycles. The number of nitrogens with one attached hydrogen (secondary N) is 1. The number of aliphatic carboxylic acids is 1. The Labute approximate surface area is 94.9 Å². The first kappa shape index (κ1) is 14.9. The monoisotopic (exact) mass is 233 g/mol. The number of carboxylic acids is 1. The Kier molecular flexibility index (Phi) is 8.46. The van der Waals surface area contributed by atoms with Gasteiger partial charge in [-0.15, -0.1) is 0 Å². The number of methoxy groups -OCH3 is 1. The molecular weight excluding hydrogens is 214 g/mol. The number of carbonyl (C=O) groups is 2. The minimum absolute atomic E-state index is 0.0801. The van der Waals surface area contributed by atoms with Crippen LogP contribution in [0, 0.1) is 5.92 Å². The van der Waals surface area contributed by atoms with Gasteiger partial charge in [-0.2, -0.15) is 0 Å². The molecule has 0 rings (SSSR count). The van der Waals surface area contributed by atoms with Crippen LogP contribution in [-0.2, 0) is 19.1 Å². The summed E-state index contributed by atoms with van der Waals surface area (Å²) in [5.74, 6) is -0.923. The normalized spacial score (nSPS) is 12.1. The molecule has 0 saturated heterocycles. The quantitative estimate of drug-likeness (QED) is 0.542. The molecule has 2 N–H and O–H groups in total. The molecular formula is C10H19NO5. The van der Waals surface area contributed by atoms with Gasteiger partial charge in [0.25, 0.3) is 0 Å². The van der Waals surface area contributed by atoms with Crippen LogP contribution in [0.1, 0.15) is 13.3 Å². The van der Waals surface area contributed by atoms with Crippen molar-refractivity contribution in [1.82, 2.24) is 5.32 Å². The third-order valence-corrected chi connectivity index (χ3v) is 1.78. The molecule has 6 heteroatoms. The summed E-state index contributed by atoms with van der Waals surface area (Å²) >= 11 is 0. The lowest BCUT2D eigenvalue weighted by atomic mass is 10.1. The number of hydrogen-bond donors (Lipinski definition) is 2. The van der Waals surface area contributed by atoms with Crippen LogP contribution < -0.4 is 5.32 Å². The predicted octanol–water partition coefficient (Wildman–Crippen LogP) is -0.124. The first-order valence-corrected chi connectivity index (χ1v) is 5.11. The molecule has 0 fully saturated rings. The molecule has 0 bridgehead atoms. The summed E-state index contributed by atoms with van der Waals surface area (Å²) in [7, 11) is 1.59. The van der Waals surface area contributed by atoms with Crippen molar-refractivity contribution < 1.29 is 24.2 Å². The third-order valence-electron chi connectivity index (χ3n) is 1.78. The van der Waals surface area contributed by atoms with E-state index in [-0.39, 0.29) is 25.0 Å². The number of carbonyl (C=O) groups excluding carboxylic acids is 1. The molecule has 6 nitrogen and oxygen atoms in total. The Morgan fingerprint density at radius 1 is 1.44 bits per heavy atom. The summed E-state index contributed by atoms with van der Waals surface area (Å²) in [6.45, 7) is 2.66. The largest absolute Gasteiger partial charge is 0.480 e. The molecule has 94 valence electrons. The smallest absolute Gasteiger partial charge is 0.329 e. The number of hydrogen-bond acceptors (Lipinski definition) is 4. The summed E-state index contributed by atoms with van der Waals surface area (Å²) in [4.78, 5) is 21.4. The molecule has 0 aliphatic carbocycles. The average molecular weight is 233 g/mol. The minimum Gasteiger partial charge on any atom is -0.480 e. The Morgan fingerprint density at radius 3 is 2.69 bits per heavy atom. The molecule has 0 aliphatic rings. The Hall–Kier alpha value is -1.14. The highest BCUT2D eigenvalue weighted by molar-refractivity contribution is 5.76.